The van der Waals surface area contributed by atoms with E-state index in [1.54, 1.807) is 0 Å². The largest absolute Gasteiger partial charge is 0.481 e. The fourth-order valence-corrected chi connectivity index (χ4v) is 0.428. The van der Waals surface area contributed by atoms with Crippen molar-refractivity contribution in [2.45, 2.75) is 39.5 Å². The summed E-state index contributed by atoms with van der Waals surface area (Å²) >= 11 is 0. The van der Waals surface area contributed by atoms with Crippen molar-refractivity contribution in [1.29, 1.82) is 0 Å². The lowest BCUT2D eigenvalue weighted by atomic mass is 10.4. The third-order valence-electron chi connectivity index (χ3n) is 0.928. The van der Waals surface area contributed by atoms with Crippen LogP contribution in [0.1, 0.15) is 39.5 Å². The number of rotatable bonds is 4. The smallest absolute Gasteiger partial charge is 0.303 e. The Morgan fingerprint density at radius 2 is 1.14 bits per heavy atom. The molecule has 0 aliphatic carbocycles. The molecule has 0 bridgehead atoms. The van der Waals surface area contributed by atoms with Gasteiger partial charge in [-0.3, -0.25) is 9.59 Å². The minimum absolute atomic E-state index is 0. The Labute approximate surface area is 94.6 Å². The third-order valence-corrected chi connectivity index (χ3v) is 0.928. The van der Waals surface area contributed by atoms with Crippen molar-refractivity contribution in [2.75, 3.05) is 0 Å². The van der Waals surface area contributed by atoms with Crippen molar-refractivity contribution in [3.8, 4) is 0 Å². The van der Waals surface area contributed by atoms with Crippen LogP contribution >= 0.6 is 0 Å². The molecular formula is C8H20AlO5. The van der Waals surface area contributed by atoms with Gasteiger partial charge in [0.2, 0.25) is 0 Å². The summed E-state index contributed by atoms with van der Waals surface area (Å²) in [6.45, 7) is 3.68. The Hall–Kier alpha value is -0.568. The van der Waals surface area contributed by atoms with Gasteiger partial charge in [-0.05, 0) is 12.8 Å². The molecule has 0 saturated heterocycles. The van der Waals surface area contributed by atoms with Gasteiger partial charge in [-0.2, -0.15) is 0 Å². The van der Waals surface area contributed by atoms with Crippen molar-refractivity contribution in [2.24, 2.45) is 0 Å². The van der Waals surface area contributed by atoms with E-state index in [2.05, 4.69) is 0 Å². The van der Waals surface area contributed by atoms with Gasteiger partial charge in [0, 0.05) is 12.8 Å². The second-order valence-electron chi connectivity index (χ2n) is 2.29. The van der Waals surface area contributed by atoms with E-state index in [9.17, 15) is 9.59 Å². The van der Waals surface area contributed by atoms with Gasteiger partial charge in [0.05, 0.1) is 0 Å². The van der Waals surface area contributed by atoms with Crippen molar-refractivity contribution in [3.63, 3.8) is 0 Å². The fraction of sp³-hybridized carbons (Fsp3) is 0.750. The maximum absolute atomic E-state index is 9.60. The molecule has 0 aromatic rings. The van der Waals surface area contributed by atoms with Crippen molar-refractivity contribution in [3.05, 3.63) is 0 Å². The second kappa shape index (κ2) is 18.3. The first-order chi connectivity index (χ1) is 5.54. The summed E-state index contributed by atoms with van der Waals surface area (Å²) in [6, 6.07) is 0. The van der Waals surface area contributed by atoms with Crippen LogP contribution in [-0.4, -0.2) is 45.0 Å². The first kappa shape index (κ1) is 23.3. The number of hydrogen-bond acceptors (Lipinski definition) is 2. The summed E-state index contributed by atoms with van der Waals surface area (Å²) in [5, 5.41) is 15.8. The predicted molar refractivity (Wildman–Crippen MR) is 57.2 cm³/mol. The van der Waals surface area contributed by atoms with E-state index in [0.29, 0.717) is 12.8 Å². The molecule has 0 fully saturated rings. The highest BCUT2D eigenvalue weighted by atomic mass is 27.0. The molecule has 0 atom stereocenters. The predicted octanol–water partition coefficient (Wildman–Crippen LogP) is 0.00130. The Morgan fingerprint density at radius 3 is 1.14 bits per heavy atom. The zero-order valence-electron chi connectivity index (χ0n) is 9.04. The topological polar surface area (TPSA) is 106 Å². The van der Waals surface area contributed by atoms with Gasteiger partial charge in [0.1, 0.15) is 17.4 Å². The van der Waals surface area contributed by atoms with E-state index in [1.807, 2.05) is 13.8 Å². The van der Waals surface area contributed by atoms with Crippen LogP contribution in [0.15, 0.2) is 0 Å². The van der Waals surface area contributed by atoms with Crippen LogP contribution in [0, 0.1) is 0 Å². The lowest BCUT2D eigenvalue weighted by Gasteiger charge is -1.79. The molecule has 6 heteroatoms. The summed E-state index contributed by atoms with van der Waals surface area (Å²) in [4.78, 5) is 19.2. The maximum atomic E-state index is 9.60. The zero-order chi connectivity index (χ0) is 9.98. The second-order valence-corrected chi connectivity index (χ2v) is 2.29. The molecule has 0 amide bonds. The average Bonchev–Trinajstić information content (AvgIpc) is 1.87. The van der Waals surface area contributed by atoms with Crippen molar-refractivity contribution < 1.29 is 25.3 Å². The quantitative estimate of drug-likeness (QED) is 0.654. The Bertz CT molecular complexity index is 122. The summed E-state index contributed by atoms with van der Waals surface area (Å²) in [6.07, 6.45) is 2.05. The summed E-state index contributed by atoms with van der Waals surface area (Å²) in [5.41, 5.74) is 0. The Balaban J connectivity index is -0.0000000625. The number of hydrogen-bond donors (Lipinski definition) is 2. The molecule has 0 aliphatic rings. The number of carbonyl (C=O) groups is 2. The molecule has 0 aromatic carbocycles. The number of carboxylic acids is 2. The molecule has 85 valence electrons. The molecule has 0 spiro atoms. The van der Waals surface area contributed by atoms with Gasteiger partial charge in [0.25, 0.3) is 0 Å². The Kier molecular flexibility index (Phi) is 30.4. The van der Waals surface area contributed by atoms with Gasteiger partial charge in [-0.25, -0.2) is 0 Å². The van der Waals surface area contributed by atoms with Crippen LogP contribution in [-0.2, 0) is 9.59 Å². The minimum atomic E-state index is -0.711. The lowest BCUT2D eigenvalue weighted by molar-refractivity contribution is -0.138. The van der Waals surface area contributed by atoms with Gasteiger partial charge in [-0.15, -0.1) is 0 Å². The molecule has 0 aromatic heterocycles. The number of aliphatic carboxylic acids is 2. The molecule has 4 N–H and O–H groups in total. The average molecular weight is 223 g/mol. The zero-order valence-corrected chi connectivity index (χ0v) is 11.0. The van der Waals surface area contributed by atoms with Crippen molar-refractivity contribution in [1.82, 2.24) is 0 Å². The monoisotopic (exact) mass is 223 g/mol. The fourth-order valence-electron chi connectivity index (χ4n) is 0.428. The molecule has 0 heterocycles. The highest BCUT2D eigenvalue weighted by Gasteiger charge is 1.88. The molecule has 0 rings (SSSR count). The van der Waals surface area contributed by atoms with Crippen molar-refractivity contribution >= 4 is 29.3 Å². The minimum Gasteiger partial charge on any atom is -0.481 e. The van der Waals surface area contributed by atoms with Gasteiger partial charge < -0.3 is 15.7 Å². The molecule has 14 heavy (non-hydrogen) atoms. The molecular weight excluding hydrogens is 203 g/mol. The van der Waals surface area contributed by atoms with Crippen LogP contribution in [0.4, 0.5) is 0 Å². The van der Waals surface area contributed by atoms with Crippen LogP contribution < -0.4 is 0 Å². The molecule has 0 saturated carbocycles. The summed E-state index contributed by atoms with van der Waals surface area (Å²) in [7, 11) is 0. The van der Waals surface area contributed by atoms with Crippen LogP contribution in [0.3, 0.4) is 0 Å². The molecule has 5 nitrogen and oxygen atoms in total. The summed E-state index contributed by atoms with van der Waals surface area (Å²) in [5.74, 6) is -1.42. The first-order valence-corrected chi connectivity index (χ1v) is 3.98. The van der Waals surface area contributed by atoms with E-state index in [-0.39, 0.29) is 22.8 Å². The normalized spacial score (nSPS) is 7.00. The van der Waals surface area contributed by atoms with Gasteiger partial charge in [0.15, 0.2) is 0 Å². The highest BCUT2D eigenvalue weighted by molar-refractivity contribution is 5.75. The van der Waals surface area contributed by atoms with E-state index in [0.717, 1.165) is 12.8 Å². The first-order valence-electron chi connectivity index (χ1n) is 3.98. The van der Waals surface area contributed by atoms with Gasteiger partial charge >= 0.3 is 11.9 Å². The molecule has 0 aliphatic heterocycles. The van der Waals surface area contributed by atoms with Crippen LogP contribution in [0.5, 0.6) is 0 Å². The van der Waals surface area contributed by atoms with E-state index in [1.165, 1.54) is 0 Å². The van der Waals surface area contributed by atoms with Crippen LogP contribution in [0.2, 0.25) is 0 Å². The molecule has 1 radical (unpaired) electrons. The third kappa shape index (κ3) is 42.2. The SMILES string of the molecule is CCCC(=O)O.CCCC(=O)O.O.[AlH2]. The number of carboxylic acid groups (broad SMARTS) is 2. The Morgan fingerprint density at radius 1 is 0.929 bits per heavy atom. The van der Waals surface area contributed by atoms with E-state index in [4.69, 9.17) is 10.2 Å². The van der Waals surface area contributed by atoms with Crippen LogP contribution in [0.25, 0.3) is 0 Å². The van der Waals surface area contributed by atoms with Gasteiger partial charge in [-0.1, -0.05) is 13.8 Å². The standard InChI is InChI=1S/2C4H8O2.Al.H2O.2H/c2*1-2-3-4(5)6;;;;/h2*2-3H2,1H3,(H,5,6);;1H2;;. The maximum Gasteiger partial charge on any atom is 0.303 e. The van der Waals surface area contributed by atoms with E-state index < -0.39 is 11.9 Å². The summed E-state index contributed by atoms with van der Waals surface area (Å²) < 4.78 is 0. The van der Waals surface area contributed by atoms with E-state index >= 15 is 0 Å². The molecule has 0 unspecified atom stereocenters. The highest BCUT2D eigenvalue weighted by Crippen LogP contribution is 1.82. The lowest BCUT2D eigenvalue weighted by Crippen LogP contribution is -1.90.